The average molecular weight is 230 g/mol. The van der Waals surface area contributed by atoms with Crippen molar-refractivity contribution in [1.82, 2.24) is 5.32 Å². The van der Waals surface area contributed by atoms with Crippen LogP contribution in [0.25, 0.3) is 0 Å². The standard InChI is InChI=1S/C11H13ClFNO/c12-10-4-3-9(6-11(10)13)15-7-8-2-1-5-14-8/h3-4,6,8,14H,1-2,5,7H2. The second-order valence-corrected chi connectivity index (χ2v) is 4.09. The third kappa shape index (κ3) is 2.83. The van der Waals surface area contributed by atoms with Crippen LogP contribution in [0.1, 0.15) is 12.8 Å². The van der Waals surface area contributed by atoms with Gasteiger partial charge in [0.25, 0.3) is 0 Å². The summed E-state index contributed by atoms with van der Waals surface area (Å²) in [4.78, 5) is 0. The van der Waals surface area contributed by atoms with E-state index in [1.165, 1.54) is 18.6 Å². The summed E-state index contributed by atoms with van der Waals surface area (Å²) in [5, 5.41) is 3.43. The summed E-state index contributed by atoms with van der Waals surface area (Å²) in [6.45, 7) is 1.63. The maximum Gasteiger partial charge on any atom is 0.145 e. The number of rotatable bonds is 3. The third-order valence-corrected chi connectivity index (χ3v) is 2.81. The molecular formula is C11H13ClFNO. The predicted molar refractivity (Wildman–Crippen MR) is 57.9 cm³/mol. The minimum atomic E-state index is -0.437. The Hall–Kier alpha value is -0.800. The first kappa shape index (κ1) is 10.7. The number of ether oxygens (including phenoxy) is 1. The van der Waals surface area contributed by atoms with Crippen molar-refractivity contribution in [2.75, 3.05) is 13.2 Å². The van der Waals surface area contributed by atoms with Gasteiger partial charge in [-0.25, -0.2) is 4.39 Å². The van der Waals surface area contributed by atoms with Crippen LogP contribution in [0.4, 0.5) is 4.39 Å². The fourth-order valence-electron chi connectivity index (χ4n) is 1.66. The van der Waals surface area contributed by atoms with Gasteiger partial charge in [0.05, 0.1) is 5.02 Å². The van der Waals surface area contributed by atoms with Gasteiger partial charge in [0.2, 0.25) is 0 Å². The van der Waals surface area contributed by atoms with Crippen LogP contribution in [0.5, 0.6) is 5.75 Å². The highest BCUT2D eigenvalue weighted by molar-refractivity contribution is 6.30. The number of hydrogen-bond donors (Lipinski definition) is 1. The van der Waals surface area contributed by atoms with E-state index in [1.807, 2.05) is 0 Å². The minimum Gasteiger partial charge on any atom is -0.492 e. The molecule has 1 fully saturated rings. The maximum absolute atomic E-state index is 13.1. The fourth-order valence-corrected chi connectivity index (χ4v) is 1.78. The lowest BCUT2D eigenvalue weighted by atomic mass is 10.2. The molecule has 1 aliphatic rings. The van der Waals surface area contributed by atoms with Gasteiger partial charge in [0.15, 0.2) is 0 Å². The molecule has 0 aliphatic carbocycles. The van der Waals surface area contributed by atoms with Crippen molar-refractivity contribution < 1.29 is 9.13 Å². The minimum absolute atomic E-state index is 0.126. The van der Waals surface area contributed by atoms with Crippen LogP contribution in [0.2, 0.25) is 5.02 Å². The quantitative estimate of drug-likeness (QED) is 0.861. The molecule has 0 spiro atoms. The molecule has 1 heterocycles. The summed E-state index contributed by atoms with van der Waals surface area (Å²) in [6, 6.07) is 4.90. The molecule has 4 heteroatoms. The van der Waals surface area contributed by atoms with Crippen molar-refractivity contribution in [1.29, 1.82) is 0 Å². The summed E-state index contributed by atoms with van der Waals surface area (Å²) >= 11 is 5.57. The molecule has 2 rings (SSSR count). The molecule has 1 atom stereocenters. The van der Waals surface area contributed by atoms with Gasteiger partial charge < -0.3 is 10.1 Å². The molecule has 0 amide bonds. The first-order chi connectivity index (χ1) is 7.25. The van der Waals surface area contributed by atoms with Crippen LogP contribution < -0.4 is 10.1 Å². The Morgan fingerprint density at radius 3 is 3.07 bits per heavy atom. The molecule has 1 saturated heterocycles. The molecule has 0 radical (unpaired) electrons. The largest absolute Gasteiger partial charge is 0.492 e. The molecule has 0 aromatic heterocycles. The molecule has 1 unspecified atom stereocenters. The molecule has 1 N–H and O–H groups in total. The van der Waals surface area contributed by atoms with E-state index >= 15 is 0 Å². The number of nitrogens with one attached hydrogen (secondary N) is 1. The monoisotopic (exact) mass is 229 g/mol. The topological polar surface area (TPSA) is 21.3 Å². The van der Waals surface area contributed by atoms with Gasteiger partial charge in [0, 0.05) is 12.1 Å². The van der Waals surface area contributed by atoms with Crippen LogP contribution in [0.3, 0.4) is 0 Å². The van der Waals surface area contributed by atoms with Crippen LogP contribution >= 0.6 is 11.6 Å². The Balaban J connectivity index is 1.90. The Morgan fingerprint density at radius 2 is 2.40 bits per heavy atom. The Morgan fingerprint density at radius 1 is 1.53 bits per heavy atom. The van der Waals surface area contributed by atoms with Crippen LogP contribution in [0, 0.1) is 5.82 Å². The second-order valence-electron chi connectivity index (χ2n) is 3.68. The van der Waals surface area contributed by atoms with Gasteiger partial charge >= 0.3 is 0 Å². The molecule has 82 valence electrons. The summed E-state index contributed by atoms with van der Waals surface area (Å²) in [7, 11) is 0. The molecule has 2 nitrogen and oxygen atoms in total. The highest BCUT2D eigenvalue weighted by Crippen LogP contribution is 2.20. The molecule has 15 heavy (non-hydrogen) atoms. The zero-order valence-corrected chi connectivity index (χ0v) is 9.06. The van der Waals surface area contributed by atoms with E-state index in [4.69, 9.17) is 16.3 Å². The van der Waals surface area contributed by atoms with Crippen molar-refractivity contribution in [2.24, 2.45) is 0 Å². The highest BCUT2D eigenvalue weighted by atomic mass is 35.5. The van der Waals surface area contributed by atoms with Crippen molar-refractivity contribution in [3.05, 3.63) is 29.0 Å². The Kier molecular flexibility index (Phi) is 3.44. The van der Waals surface area contributed by atoms with Gasteiger partial charge in [-0.1, -0.05) is 11.6 Å². The zero-order chi connectivity index (χ0) is 10.7. The lowest BCUT2D eigenvalue weighted by Gasteiger charge is -2.12. The molecule has 1 aliphatic heterocycles. The maximum atomic E-state index is 13.1. The number of benzene rings is 1. The summed E-state index contributed by atoms with van der Waals surface area (Å²) in [6.07, 6.45) is 2.30. The summed E-state index contributed by atoms with van der Waals surface area (Å²) in [5.41, 5.74) is 0. The molecule has 0 bridgehead atoms. The van der Waals surface area contributed by atoms with E-state index in [-0.39, 0.29) is 5.02 Å². The van der Waals surface area contributed by atoms with Crippen molar-refractivity contribution in [2.45, 2.75) is 18.9 Å². The van der Waals surface area contributed by atoms with Crippen molar-refractivity contribution in [3.63, 3.8) is 0 Å². The predicted octanol–water partition coefficient (Wildman–Crippen LogP) is 2.61. The van der Waals surface area contributed by atoms with E-state index in [0.29, 0.717) is 18.4 Å². The summed E-state index contributed by atoms with van der Waals surface area (Å²) in [5.74, 6) is 0.0964. The van der Waals surface area contributed by atoms with E-state index in [1.54, 1.807) is 6.07 Å². The average Bonchev–Trinajstić information content (AvgIpc) is 2.73. The normalized spacial score (nSPS) is 20.5. The number of halogens is 2. The van der Waals surface area contributed by atoms with E-state index in [9.17, 15) is 4.39 Å². The lowest BCUT2D eigenvalue weighted by molar-refractivity contribution is 0.276. The van der Waals surface area contributed by atoms with Gasteiger partial charge in [-0.2, -0.15) is 0 Å². The molecule has 1 aromatic rings. The van der Waals surface area contributed by atoms with Crippen molar-refractivity contribution in [3.8, 4) is 5.75 Å². The molecule has 0 saturated carbocycles. The lowest BCUT2D eigenvalue weighted by Crippen LogP contribution is -2.28. The molecule has 1 aromatic carbocycles. The van der Waals surface area contributed by atoms with Gasteiger partial charge in [-0.3, -0.25) is 0 Å². The molecular weight excluding hydrogens is 217 g/mol. The summed E-state index contributed by atoms with van der Waals surface area (Å²) < 4.78 is 18.5. The van der Waals surface area contributed by atoms with Crippen LogP contribution in [-0.4, -0.2) is 19.2 Å². The highest BCUT2D eigenvalue weighted by Gasteiger charge is 2.14. The van der Waals surface area contributed by atoms with Crippen molar-refractivity contribution >= 4 is 11.6 Å². The smallest absolute Gasteiger partial charge is 0.145 e. The first-order valence-corrected chi connectivity index (χ1v) is 5.45. The van der Waals surface area contributed by atoms with Crippen LogP contribution in [0.15, 0.2) is 18.2 Å². The fraction of sp³-hybridized carbons (Fsp3) is 0.455. The van der Waals surface area contributed by atoms with E-state index in [2.05, 4.69) is 5.32 Å². The SMILES string of the molecule is Fc1cc(OCC2CCCN2)ccc1Cl. The first-order valence-electron chi connectivity index (χ1n) is 5.07. The van der Waals surface area contributed by atoms with E-state index < -0.39 is 5.82 Å². The van der Waals surface area contributed by atoms with Gasteiger partial charge in [0.1, 0.15) is 18.2 Å². The van der Waals surface area contributed by atoms with Crippen LogP contribution in [-0.2, 0) is 0 Å². The third-order valence-electron chi connectivity index (χ3n) is 2.50. The number of hydrogen-bond acceptors (Lipinski definition) is 2. The van der Waals surface area contributed by atoms with Gasteiger partial charge in [-0.15, -0.1) is 0 Å². The van der Waals surface area contributed by atoms with E-state index in [0.717, 1.165) is 13.0 Å². The Labute approximate surface area is 93.4 Å². The Bertz CT molecular complexity index is 339. The zero-order valence-electron chi connectivity index (χ0n) is 8.30. The van der Waals surface area contributed by atoms with Gasteiger partial charge in [-0.05, 0) is 31.5 Å². The second kappa shape index (κ2) is 4.81.